The number of nitrogen functional groups attached to an aromatic ring is 1. The van der Waals surface area contributed by atoms with Gasteiger partial charge in [-0.1, -0.05) is 35.3 Å². The van der Waals surface area contributed by atoms with E-state index in [4.69, 9.17) is 35.5 Å². The number of aromatic nitrogens is 5. The quantitative estimate of drug-likeness (QED) is 0.456. The van der Waals surface area contributed by atoms with Crippen LogP contribution in [0.2, 0.25) is 10.2 Å². The second kappa shape index (κ2) is 7.54. The van der Waals surface area contributed by atoms with E-state index in [1.807, 2.05) is 31.2 Å². The topological polar surface area (TPSA) is 98.4 Å². The third-order valence-corrected chi connectivity index (χ3v) is 4.85. The molecule has 0 saturated heterocycles. The summed E-state index contributed by atoms with van der Waals surface area (Å²) in [6, 6.07) is 8.98. The van der Waals surface area contributed by atoms with Crippen molar-refractivity contribution in [3.05, 3.63) is 70.0 Å². The maximum Gasteiger partial charge on any atom is 0.268 e. The van der Waals surface area contributed by atoms with Gasteiger partial charge in [-0.15, -0.1) is 0 Å². The van der Waals surface area contributed by atoms with Crippen LogP contribution in [0.15, 0.2) is 42.9 Å². The minimum Gasteiger partial charge on any atom is -0.392 e. The van der Waals surface area contributed by atoms with E-state index in [-0.39, 0.29) is 17.5 Å². The lowest BCUT2D eigenvalue weighted by Gasteiger charge is -2.19. The van der Waals surface area contributed by atoms with Gasteiger partial charge < -0.3 is 11.1 Å². The van der Waals surface area contributed by atoms with E-state index in [0.29, 0.717) is 27.3 Å². The fourth-order valence-corrected chi connectivity index (χ4v) is 3.35. The molecule has 4 rings (SSSR count). The van der Waals surface area contributed by atoms with Crippen LogP contribution in [0.4, 0.5) is 17.3 Å². The molecule has 1 aromatic carbocycles. The van der Waals surface area contributed by atoms with Crippen LogP contribution >= 0.6 is 23.2 Å². The summed E-state index contributed by atoms with van der Waals surface area (Å²) in [4.78, 5) is 15.7. The summed E-state index contributed by atoms with van der Waals surface area (Å²) in [6.07, 6.45) is 2.85. The molecule has 3 heterocycles. The molecule has 0 radical (unpaired) electrons. The lowest BCUT2D eigenvalue weighted by Crippen LogP contribution is -2.12. The van der Waals surface area contributed by atoms with Gasteiger partial charge in [0.2, 0.25) is 0 Å². The van der Waals surface area contributed by atoms with Gasteiger partial charge in [-0.05, 0) is 25.1 Å². The van der Waals surface area contributed by atoms with Gasteiger partial charge in [0.1, 0.15) is 18.0 Å². The molecule has 29 heavy (non-hydrogen) atoms. The van der Waals surface area contributed by atoms with E-state index >= 15 is 0 Å². The van der Waals surface area contributed by atoms with Crippen LogP contribution in [0.25, 0.3) is 21.7 Å². The molecule has 0 amide bonds. The number of nitrogens with two attached hydrogens (primary N) is 1. The molecule has 0 fully saturated rings. The fraction of sp³-hybridized carbons (Fsp3) is 0.105. The number of fused-ring (bicyclic) bond motifs is 1. The highest BCUT2D eigenvalue weighted by Gasteiger charge is 2.19. The van der Waals surface area contributed by atoms with Crippen molar-refractivity contribution < 1.29 is 0 Å². The summed E-state index contributed by atoms with van der Waals surface area (Å²) in [5.41, 5.74) is 8.88. The van der Waals surface area contributed by atoms with Crippen LogP contribution in [0.5, 0.6) is 0 Å². The summed E-state index contributed by atoms with van der Waals surface area (Å²) in [7, 11) is 0. The average molecular weight is 425 g/mol. The number of nitrogens with one attached hydrogen (secondary N) is 1. The molecule has 3 N–H and O–H groups in total. The highest BCUT2D eigenvalue weighted by atomic mass is 35.5. The number of rotatable bonds is 4. The average Bonchev–Trinajstić information content (AvgIpc) is 3.07. The molecule has 4 aromatic rings. The van der Waals surface area contributed by atoms with Crippen molar-refractivity contribution in [1.82, 2.24) is 24.6 Å². The van der Waals surface area contributed by atoms with Gasteiger partial charge in [0.05, 0.1) is 24.5 Å². The van der Waals surface area contributed by atoms with Gasteiger partial charge in [-0.25, -0.2) is 24.3 Å². The smallest absolute Gasteiger partial charge is 0.268 e. The third kappa shape index (κ3) is 3.53. The first-order chi connectivity index (χ1) is 14.0. The first kappa shape index (κ1) is 18.9. The van der Waals surface area contributed by atoms with Crippen molar-refractivity contribution in [3.8, 4) is 11.3 Å². The molecule has 0 aliphatic rings. The van der Waals surface area contributed by atoms with Crippen molar-refractivity contribution in [3.63, 3.8) is 0 Å². The molecular formula is C19H14Cl2N8. The Labute approximate surface area is 176 Å². The van der Waals surface area contributed by atoms with Crippen molar-refractivity contribution in [2.45, 2.75) is 13.0 Å². The molecule has 0 aliphatic heterocycles. The number of anilines is 2. The van der Waals surface area contributed by atoms with E-state index in [1.54, 1.807) is 10.6 Å². The van der Waals surface area contributed by atoms with Crippen LogP contribution in [0.3, 0.4) is 0 Å². The Bertz CT molecular complexity index is 1260. The highest BCUT2D eigenvalue weighted by Crippen LogP contribution is 2.34. The van der Waals surface area contributed by atoms with E-state index < -0.39 is 0 Å². The zero-order chi connectivity index (χ0) is 20.5. The predicted molar refractivity (Wildman–Crippen MR) is 113 cm³/mol. The van der Waals surface area contributed by atoms with Gasteiger partial charge in [-0.2, -0.15) is 5.10 Å². The van der Waals surface area contributed by atoms with Crippen LogP contribution in [0.1, 0.15) is 18.5 Å². The molecule has 0 bridgehead atoms. The van der Waals surface area contributed by atoms with Crippen LogP contribution in [-0.2, 0) is 0 Å². The highest BCUT2D eigenvalue weighted by molar-refractivity contribution is 6.31. The Morgan fingerprint density at radius 2 is 2.03 bits per heavy atom. The van der Waals surface area contributed by atoms with Crippen molar-refractivity contribution >= 4 is 46.2 Å². The molecule has 1 atom stereocenters. The maximum atomic E-state index is 7.36. The Morgan fingerprint density at radius 1 is 1.21 bits per heavy atom. The Kier molecular flexibility index (Phi) is 4.92. The van der Waals surface area contributed by atoms with Gasteiger partial charge >= 0.3 is 0 Å². The molecule has 10 heteroatoms. The number of imidazole rings is 1. The Hall–Kier alpha value is -3.41. The molecule has 3 aromatic heterocycles. The summed E-state index contributed by atoms with van der Waals surface area (Å²) >= 11 is 12.4. The lowest BCUT2D eigenvalue weighted by molar-refractivity contribution is 0.842. The van der Waals surface area contributed by atoms with E-state index in [1.165, 1.54) is 12.5 Å². The molecular weight excluding hydrogens is 411 g/mol. The predicted octanol–water partition coefficient (Wildman–Crippen LogP) is 4.80. The zero-order valence-corrected chi connectivity index (χ0v) is 16.6. The largest absolute Gasteiger partial charge is 0.392 e. The van der Waals surface area contributed by atoms with Crippen LogP contribution in [0, 0.1) is 6.57 Å². The number of hydrogen-bond donors (Lipinski definition) is 2. The second-order valence-electron chi connectivity index (χ2n) is 6.24. The monoisotopic (exact) mass is 424 g/mol. The lowest BCUT2D eigenvalue weighted by atomic mass is 10.0. The molecule has 0 saturated carbocycles. The minimum absolute atomic E-state index is 0.119. The van der Waals surface area contributed by atoms with E-state index in [2.05, 4.69) is 30.2 Å². The molecule has 0 aliphatic carbocycles. The second-order valence-corrected chi connectivity index (χ2v) is 7.07. The van der Waals surface area contributed by atoms with Gasteiger partial charge in [0.15, 0.2) is 10.8 Å². The SMILES string of the molecule is [C-]#[N+]c1c(N)ncnc1N[C@@H](C)c1cc2ncc(Cl)n2nc1-c1cccc(Cl)c1. The number of nitrogens with zero attached hydrogens (tertiary/aromatic N) is 6. The zero-order valence-electron chi connectivity index (χ0n) is 15.1. The van der Waals surface area contributed by atoms with Gasteiger partial charge in [-0.3, -0.25) is 0 Å². The molecule has 0 spiro atoms. The summed E-state index contributed by atoms with van der Waals surface area (Å²) in [5, 5.41) is 8.89. The normalized spacial score (nSPS) is 11.9. The van der Waals surface area contributed by atoms with Crippen molar-refractivity contribution in [2.24, 2.45) is 0 Å². The first-order valence-electron chi connectivity index (χ1n) is 8.52. The number of hydrogen-bond acceptors (Lipinski definition) is 6. The molecule has 8 nitrogen and oxygen atoms in total. The van der Waals surface area contributed by atoms with Crippen molar-refractivity contribution in [2.75, 3.05) is 11.1 Å². The van der Waals surface area contributed by atoms with Crippen molar-refractivity contribution in [1.29, 1.82) is 0 Å². The minimum atomic E-state index is -0.285. The molecule has 144 valence electrons. The van der Waals surface area contributed by atoms with E-state index in [0.717, 1.165) is 11.1 Å². The van der Waals surface area contributed by atoms with Gasteiger partial charge in [0, 0.05) is 16.1 Å². The van der Waals surface area contributed by atoms with E-state index in [9.17, 15) is 0 Å². The summed E-state index contributed by atoms with van der Waals surface area (Å²) < 4.78 is 1.56. The number of halogens is 2. The maximum absolute atomic E-state index is 7.36. The first-order valence-corrected chi connectivity index (χ1v) is 9.28. The molecule has 0 unspecified atom stereocenters. The summed E-state index contributed by atoms with van der Waals surface area (Å²) in [6.45, 7) is 9.28. The van der Waals surface area contributed by atoms with Crippen LogP contribution in [-0.4, -0.2) is 24.6 Å². The van der Waals surface area contributed by atoms with Crippen LogP contribution < -0.4 is 11.1 Å². The Morgan fingerprint density at radius 3 is 2.79 bits per heavy atom. The standard InChI is InChI=1S/C19H14Cl2N8/c1-10(27-19-17(23-2)18(22)25-9-26-19)13-7-15-24-8-14(21)29(15)28-16(13)11-4-3-5-12(20)6-11/h3-10H,1H3,(H3,22,25,26,27)/t10-/m0/s1. The fourth-order valence-electron chi connectivity index (χ4n) is 2.98. The van der Waals surface area contributed by atoms with Gasteiger partial charge in [0.25, 0.3) is 5.69 Å². The number of benzene rings is 1. The Balaban J connectivity index is 1.85. The third-order valence-electron chi connectivity index (χ3n) is 4.36. The summed E-state index contributed by atoms with van der Waals surface area (Å²) in [5.74, 6) is 0.465.